The molecule has 4 aliphatic carbocycles. The Morgan fingerprint density at radius 1 is 0.277 bits per heavy atom. The van der Waals surface area contributed by atoms with Gasteiger partial charge in [-0.25, -0.2) is 0 Å². The standard InChI is InChI=1S/C65H48/c1-63(2)55-22-12-9-17-45(55)48-29-25-40(34-58(48)63)39-26-32-53-54(33-39)62(41-27-30-49-46-18-10-13-23-56(46)64(3,4)59(49)35-41)52-21-8-7-20-51(52)61(53)42-28-31-50-47-19-11-14-24-57(47)65(60(50)36-42)37-43-15-5-6-16-44(43)38-65/h5-36H,37-38H2,1-4H3. The molecular weight excluding hydrogens is 781 g/mol. The van der Waals surface area contributed by atoms with Gasteiger partial charge in [0.25, 0.3) is 0 Å². The highest BCUT2D eigenvalue weighted by molar-refractivity contribution is 6.22. The van der Waals surface area contributed by atoms with Crippen LogP contribution < -0.4 is 0 Å². The second-order valence-corrected chi connectivity index (χ2v) is 20.4. The van der Waals surface area contributed by atoms with Crippen molar-refractivity contribution in [2.24, 2.45) is 0 Å². The molecule has 0 aliphatic heterocycles. The molecule has 65 heavy (non-hydrogen) atoms. The molecular formula is C65H48. The van der Waals surface area contributed by atoms with E-state index >= 15 is 0 Å². The van der Waals surface area contributed by atoms with E-state index in [0.29, 0.717) is 0 Å². The van der Waals surface area contributed by atoms with Crippen molar-refractivity contribution in [3.05, 3.63) is 239 Å². The molecule has 0 unspecified atom stereocenters. The highest BCUT2D eigenvalue weighted by Gasteiger charge is 2.47. The highest BCUT2D eigenvalue weighted by Crippen LogP contribution is 2.58. The number of rotatable bonds is 3. The number of fused-ring (bicyclic) bond motifs is 14. The van der Waals surface area contributed by atoms with E-state index < -0.39 is 0 Å². The van der Waals surface area contributed by atoms with Crippen LogP contribution in [0.15, 0.2) is 194 Å². The van der Waals surface area contributed by atoms with Gasteiger partial charge in [0.2, 0.25) is 0 Å². The molecule has 0 radical (unpaired) electrons. The topological polar surface area (TPSA) is 0 Å². The van der Waals surface area contributed by atoms with Gasteiger partial charge >= 0.3 is 0 Å². The quantitative estimate of drug-likeness (QED) is 0.156. The molecule has 4 aliphatic rings. The summed E-state index contributed by atoms with van der Waals surface area (Å²) in [7, 11) is 0. The summed E-state index contributed by atoms with van der Waals surface area (Å²) in [5.74, 6) is 0. The van der Waals surface area contributed by atoms with Crippen LogP contribution in [0.1, 0.15) is 72.2 Å². The molecule has 0 heterocycles. The van der Waals surface area contributed by atoms with E-state index in [-0.39, 0.29) is 16.2 Å². The first-order valence-electron chi connectivity index (χ1n) is 23.5. The van der Waals surface area contributed by atoms with E-state index in [2.05, 4.69) is 222 Å². The summed E-state index contributed by atoms with van der Waals surface area (Å²) in [6.45, 7) is 9.56. The molecule has 0 bridgehead atoms. The maximum absolute atomic E-state index is 2.59. The summed E-state index contributed by atoms with van der Waals surface area (Å²) in [5, 5.41) is 5.16. The van der Waals surface area contributed by atoms with Gasteiger partial charge in [0.05, 0.1) is 0 Å². The second kappa shape index (κ2) is 12.9. The summed E-state index contributed by atoms with van der Waals surface area (Å²) >= 11 is 0. The Hall–Kier alpha value is -7.28. The van der Waals surface area contributed by atoms with Gasteiger partial charge in [-0.15, -0.1) is 0 Å². The van der Waals surface area contributed by atoms with Crippen molar-refractivity contribution >= 4 is 21.5 Å². The van der Waals surface area contributed by atoms with Gasteiger partial charge in [0.15, 0.2) is 0 Å². The molecule has 0 heteroatoms. The minimum Gasteiger partial charge on any atom is -0.0620 e. The minimum absolute atomic E-state index is 0.0760. The maximum Gasteiger partial charge on any atom is 0.0296 e. The third-order valence-corrected chi connectivity index (χ3v) is 16.5. The molecule has 0 amide bonds. The van der Waals surface area contributed by atoms with E-state index in [1.54, 1.807) is 0 Å². The Balaban J connectivity index is 1.02. The van der Waals surface area contributed by atoms with Crippen LogP contribution in [0.2, 0.25) is 0 Å². The van der Waals surface area contributed by atoms with Gasteiger partial charge in [-0.05, 0) is 170 Å². The summed E-state index contributed by atoms with van der Waals surface area (Å²) in [6.07, 6.45) is 2.06. The summed E-state index contributed by atoms with van der Waals surface area (Å²) in [6, 6.07) is 74.8. The molecule has 1 spiro atoms. The van der Waals surface area contributed by atoms with Gasteiger partial charge < -0.3 is 0 Å². The van der Waals surface area contributed by atoms with Crippen LogP contribution in [0, 0.1) is 0 Å². The van der Waals surface area contributed by atoms with Crippen LogP contribution in [0.25, 0.3) is 88.3 Å². The Morgan fingerprint density at radius 2 is 0.646 bits per heavy atom. The monoisotopic (exact) mass is 828 g/mol. The van der Waals surface area contributed by atoms with Gasteiger partial charge in [-0.3, -0.25) is 0 Å². The largest absolute Gasteiger partial charge is 0.0620 e. The molecule has 0 aromatic heterocycles. The van der Waals surface area contributed by atoms with E-state index in [1.807, 2.05) is 0 Å². The lowest BCUT2D eigenvalue weighted by Crippen LogP contribution is -2.25. The minimum atomic E-state index is -0.106. The van der Waals surface area contributed by atoms with Gasteiger partial charge in [0.1, 0.15) is 0 Å². The Labute approximate surface area is 381 Å². The third kappa shape index (κ3) is 4.92. The van der Waals surface area contributed by atoms with Crippen molar-refractivity contribution in [2.75, 3.05) is 0 Å². The molecule has 14 rings (SSSR count). The van der Waals surface area contributed by atoms with Gasteiger partial charge in [-0.1, -0.05) is 198 Å². The first kappa shape index (κ1) is 37.1. The lowest BCUT2D eigenvalue weighted by molar-refractivity contribution is 0.564. The zero-order valence-electron chi connectivity index (χ0n) is 37.4. The number of benzene rings is 10. The smallest absolute Gasteiger partial charge is 0.0296 e. The fourth-order valence-corrected chi connectivity index (χ4v) is 13.3. The van der Waals surface area contributed by atoms with Crippen LogP contribution in [0.3, 0.4) is 0 Å². The first-order valence-corrected chi connectivity index (χ1v) is 23.5. The first-order chi connectivity index (χ1) is 31.7. The van der Waals surface area contributed by atoms with E-state index in [4.69, 9.17) is 0 Å². The van der Waals surface area contributed by atoms with E-state index in [1.165, 1.54) is 133 Å². The van der Waals surface area contributed by atoms with Crippen molar-refractivity contribution in [3.8, 4) is 66.8 Å². The molecule has 308 valence electrons. The second-order valence-electron chi connectivity index (χ2n) is 20.4. The molecule has 0 atom stereocenters. The van der Waals surface area contributed by atoms with Crippen LogP contribution in [-0.4, -0.2) is 0 Å². The van der Waals surface area contributed by atoms with Crippen molar-refractivity contribution in [3.63, 3.8) is 0 Å². The summed E-state index contributed by atoms with van der Waals surface area (Å²) < 4.78 is 0. The van der Waals surface area contributed by atoms with Gasteiger partial charge in [-0.2, -0.15) is 0 Å². The molecule has 0 N–H and O–H groups in total. The Bertz CT molecular complexity index is 3700. The molecule has 10 aromatic rings. The predicted octanol–water partition coefficient (Wildman–Crippen LogP) is 16.7. The normalized spacial score (nSPS) is 15.9. The molecule has 10 aromatic carbocycles. The Kier molecular flexibility index (Phi) is 7.38. The lowest BCUT2D eigenvalue weighted by atomic mass is 9.74. The zero-order valence-corrected chi connectivity index (χ0v) is 37.4. The number of hydrogen-bond acceptors (Lipinski definition) is 0. The summed E-state index contributed by atoms with van der Waals surface area (Å²) in [5.41, 5.74) is 27.1. The highest BCUT2D eigenvalue weighted by atomic mass is 14.5. The predicted molar refractivity (Wildman–Crippen MR) is 273 cm³/mol. The SMILES string of the molecule is CC1(C)c2ccccc2-c2ccc(-c3ccc4c(-c5ccc6c(c5)C5(Cc7ccccc7C5)c5ccccc5-6)c5ccccc5c(-c5ccc6c(c5)C(C)(C)c5ccccc5-6)c4c3)cc21. The average molecular weight is 829 g/mol. The van der Waals surface area contributed by atoms with Crippen LogP contribution in [0.5, 0.6) is 0 Å². The van der Waals surface area contributed by atoms with Crippen LogP contribution in [0.4, 0.5) is 0 Å². The summed E-state index contributed by atoms with van der Waals surface area (Å²) in [4.78, 5) is 0. The maximum atomic E-state index is 2.59. The fraction of sp³-hybridized carbons (Fsp3) is 0.138. The average Bonchev–Trinajstić information content (AvgIpc) is 4.01. The molecule has 0 nitrogen and oxygen atoms in total. The van der Waals surface area contributed by atoms with Crippen molar-refractivity contribution in [1.29, 1.82) is 0 Å². The number of hydrogen-bond donors (Lipinski definition) is 0. The van der Waals surface area contributed by atoms with Crippen molar-refractivity contribution < 1.29 is 0 Å². The van der Waals surface area contributed by atoms with E-state index in [0.717, 1.165) is 12.8 Å². The van der Waals surface area contributed by atoms with Gasteiger partial charge in [0, 0.05) is 16.2 Å². The molecule has 0 saturated heterocycles. The molecule has 0 fully saturated rings. The van der Waals surface area contributed by atoms with Crippen molar-refractivity contribution in [1.82, 2.24) is 0 Å². The molecule has 0 saturated carbocycles. The van der Waals surface area contributed by atoms with Crippen LogP contribution >= 0.6 is 0 Å². The van der Waals surface area contributed by atoms with Crippen LogP contribution in [-0.2, 0) is 29.1 Å². The zero-order chi connectivity index (χ0) is 43.4. The third-order valence-electron chi connectivity index (χ3n) is 16.5. The Morgan fingerprint density at radius 3 is 1.23 bits per heavy atom. The lowest BCUT2D eigenvalue weighted by Gasteiger charge is -2.27. The van der Waals surface area contributed by atoms with E-state index in [9.17, 15) is 0 Å². The fourth-order valence-electron chi connectivity index (χ4n) is 13.3. The van der Waals surface area contributed by atoms with Crippen molar-refractivity contribution in [2.45, 2.75) is 56.8 Å².